The quantitative estimate of drug-likeness (QED) is 0.662. The molecule has 132 valence electrons. The number of carbonyl (C=O) groups excluding carboxylic acids is 1. The van der Waals surface area contributed by atoms with Crippen LogP contribution in [0.4, 0.5) is 17.2 Å². The van der Waals surface area contributed by atoms with E-state index in [4.69, 9.17) is 16.3 Å². The van der Waals surface area contributed by atoms with Crippen molar-refractivity contribution in [1.82, 2.24) is 4.98 Å². The molecular weight excluding hydrogens is 350 g/mol. The first-order valence-corrected chi connectivity index (χ1v) is 8.37. The van der Waals surface area contributed by atoms with E-state index >= 15 is 0 Å². The van der Waals surface area contributed by atoms with Gasteiger partial charge in [-0.3, -0.25) is 4.79 Å². The van der Waals surface area contributed by atoms with Crippen LogP contribution in [-0.2, 0) is 0 Å². The zero-order valence-corrected chi connectivity index (χ0v) is 15.2. The molecule has 0 saturated heterocycles. The van der Waals surface area contributed by atoms with Crippen molar-refractivity contribution >= 4 is 34.7 Å². The minimum atomic E-state index is -0.218. The van der Waals surface area contributed by atoms with E-state index in [1.807, 2.05) is 25.1 Å². The number of nitrogens with one attached hydrogen (secondary N) is 2. The standard InChI is InChI=1S/C20H18ClN3O2/c1-13-3-9-18(26-2)17(11-13)24-19-10-8-16(12-22-19)23-20(25)14-4-6-15(21)7-5-14/h3-12H,1-2H3,(H,22,24)(H,23,25). The van der Waals surface area contributed by atoms with Crippen molar-refractivity contribution in [2.75, 3.05) is 17.7 Å². The van der Waals surface area contributed by atoms with E-state index < -0.39 is 0 Å². The Balaban J connectivity index is 1.70. The largest absolute Gasteiger partial charge is 0.495 e. The zero-order valence-electron chi connectivity index (χ0n) is 14.4. The summed E-state index contributed by atoms with van der Waals surface area (Å²) in [5, 5.41) is 6.61. The van der Waals surface area contributed by atoms with Gasteiger partial charge in [0.15, 0.2) is 0 Å². The van der Waals surface area contributed by atoms with Crippen molar-refractivity contribution < 1.29 is 9.53 Å². The van der Waals surface area contributed by atoms with Crippen LogP contribution in [0.5, 0.6) is 5.75 Å². The predicted molar refractivity (Wildman–Crippen MR) is 105 cm³/mol. The van der Waals surface area contributed by atoms with E-state index in [-0.39, 0.29) is 5.91 Å². The summed E-state index contributed by atoms with van der Waals surface area (Å²) >= 11 is 5.83. The number of aromatic nitrogens is 1. The van der Waals surface area contributed by atoms with Crippen molar-refractivity contribution in [2.24, 2.45) is 0 Å². The van der Waals surface area contributed by atoms with Crippen molar-refractivity contribution in [2.45, 2.75) is 6.92 Å². The van der Waals surface area contributed by atoms with E-state index in [9.17, 15) is 4.79 Å². The maximum atomic E-state index is 12.2. The number of hydrogen-bond donors (Lipinski definition) is 2. The second-order valence-electron chi connectivity index (χ2n) is 5.72. The van der Waals surface area contributed by atoms with Gasteiger partial charge in [-0.25, -0.2) is 4.98 Å². The van der Waals surface area contributed by atoms with Gasteiger partial charge in [-0.1, -0.05) is 17.7 Å². The molecule has 2 aromatic carbocycles. The molecular formula is C20H18ClN3O2. The Bertz CT molecular complexity index is 909. The summed E-state index contributed by atoms with van der Waals surface area (Å²) in [5.41, 5.74) is 3.07. The smallest absolute Gasteiger partial charge is 0.255 e. The molecule has 0 unspecified atom stereocenters. The Hall–Kier alpha value is -3.05. The van der Waals surface area contributed by atoms with Crippen LogP contribution < -0.4 is 15.4 Å². The summed E-state index contributed by atoms with van der Waals surface area (Å²) in [6, 6.07) is 16.1. The highest BCUT2D eigenvalue weighted by Gasteiger charge is 2.07. The average Bonchev–Trinajstić information content (AvgIpc) is 2.64. The first-order valence-electron chi connectivity index (χ1n) is 8.00. The van der Waals surface area contributed by atoms with Crippen LogP contribution in [0.1, 0.15) is 15.9 Å². The van der Waals surface area contributed by atoms with Gasteiger partial charge in [0.1, 0.15) is 11.6 Å². The Labute approximate surface area is 157 Å². The summed E-state index contributed by atoms with van der Waals surface area (Å²) < 4.78 is 5.35. The number of aryl methyl sites for hydroxylation is 1. The molecule has 1 amide bonds. The van der Waals surface area contributed by atoms with E-state index in [0.29, 0.717) is 22.1 Å². The van der Waals surface area contributed by atoms with Crippen molar-refractivity contribution in [1.29, 1.82) is 0 Å². The summed E-state index contributed by atoms with van der Waals surface area (Å²) in [5.74, 6) is 1.17. The number of pyridine rings is 1. The predicted octanol–water partition coefficient (Wildman–Crippen LogP) is 5.05. The molecule has 1 heterocycles. The Morgan fingerprint density at radius 1 is 1.08 bits per heavy atom. The molecule has 0 atom stereocenters. The van der Waals surface area contributed by atoms with Gasteiger partial charge in [-0.15, -0.1) is 0 Å². The molecule has 6 heteroatoms. The lowest BCUT2D eigenvalue weighted by Gasteiger charge is -2.12. The summed E-state index contributed by atoms with van der Waals surface area (Å²) in [7, 11) is 1.62. The van der Waals surface area contributed by atoms with Gasteiger partial charge in [-0.05, 0) is 61.0 Å². The lowest BCUT2D eigenvalue weighted by molar-refractivity contribution is 0.102. The number of anilines is 3. The van der Waals surface area contributed by atoms with Crippen molar-refractivity contribution in [3.63, 3.8) is 0 Å². The first kappa shape index (κ1) is 17.8. The van der Waals surface area contributed by atoms with Crippen LogP contribution in [-0.4, -0.2) is 18.0 Å². The minimum Gasteiger partial charge on any atom is -0.495 e. The number of benzene rings is 2. The molecule has 0 aliphatic rings. The average molecular weight is 368 g/mol. The van der Waals surface area contributed by atoms with E-state index in [0.717, 1.165) is 17.0 Å². The van der Waals surface area contributed by atoms with E-state index in [2.05, 4.69) is 15.6 Å². The number of methoxy groups -OCH3 is 1. The van der Waals surface area contributed by atoms with Gasteiger partial charge < -0.3 is 15.4 Å². The lowest BCUT2D eigenvalue weighted by Crippen LogP contribution is -2.11. The van der Waals surface area contributed by atoms with Crippen molar-refractivity contribution in [3.8, 4) is 5.75 Å². The number of carbonyl (C=O) groups is 1. The van der Waals surface area contributed by atoms with Gasteiger partial charge in [0, 0.05) is 10.6 Å². The molecule has 1 aromatic heterocycles. The molecule has 0 radical (unpaired) electrons. The summed E-state index contributed by atoms with van der Waals surface area (Å²) in [6.07, 6.45) is 1.60. The highest BCUT2D eigenvalue weighted by molar-refractivity contribution is 6.30. The third kappa shape index (κ3) is 4.32. The number of rotatable bonds is 5. The third-order valence-electron chi connectivity index (χ3n) is 3.75. The molecule has 0 bridgehead atoms. The molecule has 3 rings (SSSR count). The number of hydrogen-bond acceptors (Lipinski definition) is 4. The second kappa shape index (κ2) is 7.89. The molecule has 0 aliphatic carbocycles. The van der Waals surface area contributed by atoms with Crippen LogP contribution in [0.15, 0.2) is 60.8 Å². The van der Waals surface area contributed by atoms with Crippen LogP contribution in [0, 0.1) is 6.92 Å². The molecule has 0 spiro atoms. The number of halogens is 1. The third-order valence-corrected chi connectivity index (χ3v) is 4.00. The summed E-state index contributed by atoms with van der Waals surface area (Å²) in [6.45, 7) is 2.01. The molecule has 2 N–H and O–H groups in total. The molecule has 0 aliphatic heterocycles. The fourth-order valence-electron chi connectivity index (χ4n) is 2.40. The van der Waals surface area contributed by atoms with Gasteiger partial charge >= 0.3 is 0 Å². The maximum absolute atomic E-state index is 12.2. The van der Waals surface area contributed by atoms with E-state index in [1.54, 1.807) is 49.7 Å². The molecule has 26 heavy (non-hydrogen) atoms. The normalized spacial score (nSPS) is 10.3. The molecule has 0 fully saturated rings. The zero-order chi connectivity index (χ0) is 18.5. The SMILES string of the molecule is COc1ccc(C)cc1Nc1ccc(NC(=O)c2ccc(Cl)cc2)cn1. The van der Waals surface area contributed by atoms with Gasteiger partial charge in [0.05, 0.1) is 24.7 Å². The highest BCUT2D eigenvalue weighted by atomic mass is 35.5. The van der Waals surface area contributed by atoms with Gasteiger partial charge in [0.2, 0.25) is 0 Å². The van der Waals surface area contributed by atoms with Gasteiger partial charge in [0.25, 0.3) is 5.91 Å². The Morgan fingerprint density at radius 3 is 2.50 bits per heavy atom. The van der Waals surface area contributed by atoms with Crippen molar-refractivity contribution in [3.05, 3.63) is 76.9 Å². The second-order valence-corrected chi connectivity index (χ2v) is 6.16. The van der Waals surface area contributed by atoms with E-state index in [1.165, 1.54) is 0 Å². The molecule has 0 saturated carbocycles. The fourth-order valence-corrected chi connectivity index (χ4v) is 2.53. The number of amides is 1. The van der Waals surface area contributed by atoms with Gasteiger partial charge in [-0.2, -0.15) is 0 Å². The minimum absolute atomic E-state index is 0.218. The number of nitrogens with zero attached hydrogens (tertiary/aromatic N) is 1. The highest BCUT2D eigenvalue weighted by Crippen LogP contribution is 2.28. The monoisotopic (exact) mass is 367 g/mol. The Kier molecular flexibility index (Phi) is 5.39. The topological polar surface area (TPSA) is 63.2 Å². The summed E-state index contributed by atoms with van der Waals surface area (Å²) in [4.78, 5) is 16.5. The Morgan fingerprint density at radius 2 is 1.85 bits per heavy atom. The maximum Gasteiger partial charge on any atom is 0.255 e. The molecule has 5 nitrogen and oxygen atoms in total. The fraction of sp³-hybridized carbons (Fsp3) is 0.100. The molecule has 3 aromatic rings. The lowest BCUT2D eigenvalue weighted by atomic mass is 10.2. The number of ether oxygens (including phenoxy) is 1. The van der Waals surface area contributed by atoms with Crippen LogP contribution in [0.2, 0.25) is 5.02 Å². The van der Waals surface area contributed by atoms with Crippen LogP contribution >= 0.6 is 11.6 Å². The van der Waals surface area contributed by atoms with Crippen LogP contribution in [0.25, 0.3) is 0 Å². The van der Waals surface area contributed by atoms with Crippen LogP contribution in [0.3, 0.4) is 0 Å². The first-order chi connectivity index (χ1) is 12.5.